The number of carbonyl (C=O) groups is 1. The summed E-state index contributed by atoms with van der Waals surface area (Å²) in [6.07, 6.45) is 7.53. The van der Waals surface area contributed by atoms with Crippen molar-refractivity contribution in [1.82, 2.24) is 20.1 Å². The molecule has 0 spiro atoms. The van der Waals surface area contributed by atoms with E-state index in [0.29, 0.717) is 13.0 Å². The van der Waals surface area contributed by atoms with Gasteiger partial charge in [0, 0.05) is 25.1 Å². The van der Waals surface area contributed by atoms with Crippen molar-refractivity contribution in [3.05, 3.63) is 30.9 Å². The van der Waals surface area contributed by atoms with Crippen LogP contribution in [0.25, 0.3) is 0 Å². The molecular weight excluding hydrogens is 336 g/mol. The van der Waals surface area contributed by atoms with Crippen LogP contribution < -0.4 is 19.5 Å². The third-order valence-corrected chi connectivity index (χ3v) is 4.75. The second-order valence-electron chi connectivity index (χ2n) is 6.62. The molecule has 1 aromatic carbocycles. The van der Waals surface area contributed by atoms with E-state index < -0.39 is 0 Å². The summed E-state index contributed by atoms with van der Waals surface area (Å²) >= 11 is 0. The Balaban J connectivity index is 1.19. The lowest BCUT2D eigenvalue weighted by Crippen LogP contribution is -2.39. The molecule has 0 radical (unpaired) electrons. The van der Waals surface area contributed by atoms with E-state index in [2.05, 4.69) is 15.5 Å². The van der Waals surface area contributed by atoms with Crippen LogP contribution in [0.3, 0.4) is 0 Å². The molecule has 1 N–H and O–H groups in total. The minimum absolute atomic E-state index is 0.0684. The topological polar surface area (TPSA) is 87.5 Å². The molecular formula is C18H22N4O4. The first-order chi connectivity index (χ1) is 12.8. The number of aromatic nitrogens is 3. The number of rotatable bonds is 6. The third kappa shape index (κ3) is 4.07. The Morgan fingerprint density at radius 2 is 1.92 bits per heavy atom. The number of hydrogen-bond acceptors (Lipinski definition) is 6. The number of hydrogen-bond donors (Lipinski definition) is 1. The maximum atomic E-state index is 12.1. The molecule has 1 aliphatic carbocycles. The molecule has 0 atom stereocenters. The molecule has 0 saturated heterocycles. The second-order valence-corrected chi connectivity index (χ2v) is 6.62. The van der Waals surface area contributed by atoms with Crippen LogP contribution in [0.2, 0.25) is 0 Å². The van der Waals surface area contributed by atoms with E-state index in [1.807, 2.05) is 18.2 Å². The summed E-state index contributed by atoms with van der Waals surface area (Å²) in [6, 6.07) is 5.88. The number of nitrogens with one attached hydrogen (secondary N) is 1. The Labute approximate surface area is 151 Å². The molecule has 2 aromatic rings. The van der Waals surface area contributed by atoms with Crippen molar-refractivity contribution < 1.29 is 19.0 Å². The van der Waals surface area contributed by atoms with Crippen LogP contribution >= 0.6 is 0 Å². The van der Waals surface area contributed by atoms with Gasteiger partial charge in [-0.2, -0.15) is 0 Å². The van der Waals surface area contributed by atoms with Gasteiger partial charge in [-0.25, -0.2) is 0 Å². The van der Waals surface area contributed by atoms with Gasteiger partial charge in [0.05, 0.1) is 6.10 Å². The van der Waals surface area contributed by atoms with E-state index in [4.69, 9.17) is 14.2 Å². The highest BCUT2D eigenvalue weighted by Crippen LogP contribution is 2.36. The molecule has 1 aromatic heterocycles. The summed E-state index contributed by atoms with van der Waals surface area (Å²) < 4.78 is 18.6. The van der Waals surface area contributed by atoms with Crippen LogP contribution in [0.1, 0.15) is 32.1 Å². The van der Waals surface area contributed by atoms with Crippen LogP contribution in [0.5, 0.6) is 17.2 Å². The first-order valence-corrected chi connectivity index (χ1v) is 8.94. The minimum atomic E-state index is 0.0684. The standard InChI is InChI=1S/C18H22N4O4/c23-18(7-8-22-10-19-20-11-22)21-13-1-3-14(4-2-13)26-15-5-6-16-17(9-15)25-12-24-16/h5-6,9-11,13-14H,1-4,7-8,12H2,(H,21,23). The van der Waals surface area contributed by atoms with E-state index in [9.17, 15) is 4.79 Å². The predicted octanol–water partition coefficient (Wildman–Crippen LogP) is 1.90. The summed E-state index contributed by atoms with van der Waals surface area (Å²) in [6.45, 7) is 0.863. The normalized spacial score (nSPS) is 21.4. The first kappa shape index (κ1) is 16.7. The summed E-state index contributed by atoms with van der Waals surface area (Å²) in [4.78, 5) is 12.1. The maximum Gasteiger partial charge on any atom is 0.231 e. The lowest BCUT2D eigenvalue weighted by Gasteiger charge is -2.29. The average molecular weight is 358 g/mol. The van der Waals surface area contributed by atoms with Crippen molar-refractivity contribution in [2.24, 2.45) is 0 Å². The summed E-state index contributed by atoms with van der Waals surface area (Å²) in [5.74, 6) is 2.36. The number of carbonyl (C=O) groups excluding carboxylic acids is 1. The van der Waals surface area contributed by atoms with Gasteiger partial charge in [0.1, 0.15) is 18.4 Å². The lowest BCUT2D eigenvalue weighted by atomic mass is 9.93. The van der Waals surface area contributed by atoms with Gasteiger partial charge in [-0.1, -0.05) is 0 Å². The molecule has 26 heavy (non-hydrogen) atoms. The molecule has 2 heterocycles. The van der Waals surface area contributed by atoms with Crippen LogP contribution in [0, 0.1) is 0 Å². The van der Waals surface area contributed by atoms with Gasteiger partial charge in [-0.05, 0) is 37.8 Å². The zero-order valence-corrected chi connectivity index (χ0v) is 14.5. The molecule has 138 valence electrons. The maximum absolute atomic E-state index is 12.1. The predicted molar refractivity (Wildman–Crippen MR) is 92.0 cm³/mol. The van der Waals surface area contributed by atoms with Crippen molar-refractivity contribution in [1.29, 1.82) is 0 Å². The van der Waals surface area contributed by atoms with Crippen molar-refractivity contribution in [3.8, 4) is 17.2 Å². The highest BCUT2D eigenvalue weighted by atomic mass is 16.7. The van der Waals surface area contributed by atoms with Crippen LogP contribution in [0.4, 0.5) is 0 Å². The molecule has 1 fully saturated rings. The molecule has 8 heteroatoms. The Morgan fingerprint density at radius 3 is 2.73 bits per heavy atom. The average Bonchev–Trinajstić information content (AvgIpc) is 3.33. The first-order valence-electron chi connectivity index (χ1n) is 8.94. The van der Waals surface area contributed by atoms with Gasteiger partial charge in [-0.3, -0.25) is 4.79 Å². The van der Waals surface area contributed by atoms with Gasteiger partial charge in [-0.15, -0.1) is 10.2 Å². The highest BCUT2D eigenvalue weighted by Gasteiger charge is 2.24. The fourth-order valence-corrected chi connectivity index (χ4v) is 3.34. The quantitative estimate of drug-likeness (QED) is 0.849. The van der Waals surface area contributed by atoms with E-state index in [1.54, 1.807) is 17.2 Å². The van der Waals surface area contributed by atoms with Crippen LogP contribution in [-0.2, 0) is 11.3 Å². The number of ether oxygens (including phenoxy) is 3. The number of aryl methyl sites for hydroxylation is 1. The van der Waals surface area contributed by atoms with Gasteiger partial charge in [0.2, 0.25) is 12.7 Å². The number of amides is 1. The lowest BCUT2D eigenvalue weighted by molar-refractivity contribution is -0.122. The number of benzene rings is 1. The third-order valence-electron chi connectivity index (χ3n) is 4.75. The Hall–Kier alpha value is -2.77. The summed E-state index contributed by atoms with van der Waals surface area (Å²) in [7, 11) is 0. The van der Waals surface area contributed by atoms with E-state index in [1.165, 1.54) is 0 Å². The van der Waals surface area contributed by atoms with Gasteiger partial charge < -0.3 is 24.1 Å². The fraction of sp³-hybridized carbons (Fsp3) is 0.500. The Kier molecular flexibility index (Phi) is 4.90. The summed E-state index contributed by atoms with van der Waals surface area (Å²) in [5.41, 5.74) is 0. The molecule has 1 saturated carbocycles. The molecule has 4 rings (SSSR count). The van der Waals surface area contributed by atoms with E-state index >= 15 is 0 Å². The number of nitrogens with zero attached hydrogens (tertiary/aromatic N) is 3. The molecule has 0 unspecified atom stereocenters. The highest BCUT2D eigenvalue weighted by molar-refractivity contribution is 5.76. The smallest absolute Gasteiger partial charge is 0.231 e. The van der Waals surface area contributed by atoms with E-state index in [-0.39, 0.29) is 24.8 Å². The fourth-order valence-electron chi connectivity index (χ4n) is 3.34. The van der Waals surface area contributed by atoms with Crippen molar-refractivity contribution in [3.63, 3.8) is 0 Å². The molecule has 8 nitrogen and oxygen atoms in total. The Bertz CT molecular complexity index is 742. The minimum Gasteiger partial charge on any atom is -0.490 e. The molecule has 0 bridgehead atoms. The zero-order valence-electron chi connectivity index (χ0n) is 14.5. The zero-order chi connectivity index (χ0) is 17.8. The van der Waals surface area contributed by atoms with Crippen molar-refractivity contribution in [2.45, 2.75) is 50.8 Å². The summed E-state index contributed by atoms with van der Waals surface area (Å²) in [5, 5.41) is 10.6. The van der Waals surface area contributed by atoms with Gasteiger partial charge >= 0.3 is 0 Å². The second kappa shape index (κ2) is 7.63. The van der Waals surface area contributed by atoms with Crippen LogP contribution in [-0.4, -0.2) is 39.6 Å². The monoisotopic (exact) mass is 358 g/mol. The van der Waals surface area contributed by atoms with Gasteiger partial charge in [0.25, 0.3) is 0 Å². The van der Waals surface area contributed by atoms with Crippen LogP contribution in [0.15, 0.2) is 30.9 Å². The SMILES string of the molecule is O=C(CCn1cnnc1)NC1CCC(Oc2ccc3c(c2)OCO3)CC1. The van der Waals surface area contributed by atoms with Gasteiger partial charge in [0.15, 0.2) is 11.5 Å². The molecule has 1 amide bonds. The van der Waals surface area contributed by atoms with Crippen molar-refractivity contribution in [2.75, 3.05) is 6.79 Å². The molecule has 1 aliphatic heterocycles. The number of fused-ring (bicyclic) bond motifs is 1. The van der Waals surface area contributed by atoms with E-state index in [0.717, 1.165) is 42.9 Å². The van der Waals surface area contributed by atoms with Crippen molar-refractivity contribution >= 4 is 5.91 Å². The largest absolute Gasteiger partial charge is 0.490 e. The molecule has 2 aliphatic rings. The Morgan fingerprint density at radius 1 is 1.15 bits per heavy atom.